The van der Waals surface area contributed by atoms with Gasteiger partial charge in [0, 0.05) is 11.1 Å². The lowest BCUT2D eigenvalue weighted by atomic mass is 10.3. The van der Waals surface area contributed by atoms with E-state index in [9.17, 15) is 9.59 Å². The number of carbonyl (C=O) groups is 2. The van der Waals surface area contributed by atoms with Crippen molar-refractivity contribution in [2.24, 2.45) is 10.2 Å². The molecule has 0 saturated heterocycles. The van der Waals surface area contributed by atoms with E-state index in [4.69, 9.17) is 4.74 Å². The summed E-state index contributed by atoms with van der Waals surface area (Å²) in [5.74, 6) is -0.926. The molecule has 130 valence electrons. The minimum absolute atomic E-state index is 0.343. The fraction of sp³-hybridized carbons (Fsp3) is 0.0526. The van der Waals surface area contributed by atoms with Crippen molar-refractivity contribution >= 4 is 40.3 Å². The fourth-order valence-electron chi connectivity index (χ4n) is 2.01. The summed E-state index contributed by atoms with van der Waals surface area (Å²) in [6.45, 7) is -0.343. The fourth-order valence-corrected chi connectivity index (χ4v) is 2.64. The first-order chi connectivity index (χ1) is 12.7. The highest BCUT2D eigenvalue weighted by atomic mass is 32.1. The maximum absolute atomic E-state index is 11.9. The molecule has 0 radical (unpaired) electrons. The Bertz CT molecular complexity index is 892. The molecule has 0 aliphatic rings. The average Bonchev–Trinajstić information content (AvgIpc) is 3.21. The summed E-state index contributed by atoms with van der Waals surface area (Å²) < 4.78 is 4.95. The number of anilines is 1. The van der Waals surface area contributed by atoms with Crippen LogP contribution in [0.15, 0.2) is 81.7 Å². The summed E-state index contributed by atoms with van der Waals surface area (Å²) in [6, 6.07) is 17.9. The second-order valence-electron chi connectivity index (χ2n) is 5.22. The molecule has 0 saturated carbocycles. The summed E-state index contributed by atoms with van der Waals surface area (Å²) in [4.78, 5) is 23.5. The number of esters is 1. The van der Waals surface area contributed by atoms with Crippen LogP contribution in [0.1, 0.15) is 10.4 Å². The Morgan fingerprint density at radius 3 is 2.27 bits per heavy atom. The van der Waals surface area contributed by atoms with E-state index in [1.807, 2.05) is 30.3 Å². The number of thiophene rings is 1. The topological polar surface area (TPSA) is 80.1 Å². The standard InChI is InChI=1S/C19H15N3O3S/c23-18(12-25-19(24)14-10-11-26-13-14)20-15-6-8-17(9-7-15)22-21-16-4-2-1-3-5-16/h1-11,13H,12H2,(H,20,23). The molecule has 0 bridgehead atoms. The van der Waals surface area contributed by atoms with Crippen LogP contribution in [0.2, 0.25) is 0 Å². The Hall–Kier alpha value is -3.32. The smallest absolute Gasteiger partial charge is 0.339 e. The number of azo groups is 1. The third-order valence-corrected chi connectivity index (χ3v) is 3.96. The maximum atomic E-state index is 11.9. The van der Waals surface area contributed by atoms with Gasteiger partial charge in [-0.2, -0.15) is 21.6 Å². The van der Waals surface area contributed by atoms with Crippen molar-refractivity contribution in [3.05, 3.63) is 77.0 Å². The van der Waals surface area contributed by atoms with Gasteiger partial charge in [0.2, 0.25) is 0 Å². The number of hydrogen-bond donors (Lipinski definition) is 1. The van der Waals surface area contributed by atoms with Gasteiger partial charge >= 0.3 is 5.97 Å². The summed E-state index contributed by atoms with van der Waals surface area (Å²) in [5, 5.41) is 14.3. The molecule has 1 amide bonds. The van der Waals surface area contributed by atoms with E-state index in [1.165, 1.54) is 11.3 Å². The molecule has 0 unspecified atom stereocenters. The van der Waals surface area contributed by atoms with Gasteiger partial charge in [-0.1, -0.05) is 18.2 Å². The minimum Gasteiger partial charge on any atom is -0.452 e. The van der Waals surface area contributed by atoms with Gasteiger partial charge in [0.25, 0.3) is 5.91 Å². The van der Waals surface area contributed by atoms with Crippen molar-refractivity contribution in [3.8, 4) is 0 Å². The molecule has 1 N–H and O–H groups in total. The Kier molecular flexibility index (Phi) is 5.84. The van der Waals surface area contributed by atoms with Gasteiger partial charge in [-0.05, 0) is 47.8 Å². The molecule has 26 heavy (non-hydrogen) atoms. The van der Waals surface area contributed by atoms with Crippen molar-refractivity contribution < 1.29 is 14.3 Å². The van der Waals surface area contributed by atoms with Crippen LogP contribution >= 0.6 is 11.3 Å². The summed E-state index contributed by atoms with van der Waals surface area (Å²) in [6.07, 6.45) is 0. The SMILES string of the molecule is O=C(COC(=O)c1ccsc1)Nc1ccc(N=Nc2ccccc2)cc1. The van der Waals surface area contributed by atoms with Gasteiger partial charge < -0.3 is 10.1 Å². The highest BCUT2D eigenvalue weighted by Crippen LogP contribution is 2.20. The molecule has 0 aliphatic carbocycles. The molecular weight excluding hydrogens is 350 g/mol. The van der Waals surface area contributed by atoms with Crippen LogP contribution in [0.3, 0.4) is 0 Å². The van der Waals surface area contributed by atoms with E-state index < -0.39 is 11.9 Å². The molecule has 7 heteroatoms. The highest BCUT2D eigenvalue weighted by Gasteiger charge is 2.10. The van der Waals surface area contributed by atoms with E-state index >= 15 is 0 Å². The van der Waals surface area contributed by atoms with Crippen molar-refractivity contribution in [3.63, 3.8) is 0 Å². The molecule has 0 fully saturated rings. The first kappa shape index (κ1) is 17.5. The molecule has 1 heterocycles. The predicted molar refractivity (Wildman–Crippen MR) is 100 cm³/mol. The normalized spacial score (nSPS) is 10.6. The van der Waals surface area contributed by atoms with Gasteiger partial charge in [0.15, 0.2) is 6.61 Å². The Morgan fingerprint density at radius 2 is 1.62 bits per heavy atom. The van der Waals surface area contributed by atoms with Crippen molar-refractivity contribution in [1.82, 2.24) is 0 Å². The number of ether oxygens (including phenoxy) is 1. The Morgan fingerprint density at radius 1 is 0.923 bits per heavy atom. The van der Waals surface area contributed by atoms with Crippen LogP contribution in [0, 0.1) is 0 Å². The number of carbonyl (C=O) groups excluding carboxylic acids is 2. The summed E-state index contributed by atoms with van der Waals surface area (Å²) in [7, 11) is 0. The van der Waals surface area contributed by atoms with Crippen LogP contribution < -0.4 is 5.32 Å². The lowest BCUT2D eigenvalue weighted by Crippen LogP contribution is -2.20. The van der Waals surface area contributed by atoms with E-state index in [-0.39, 0.29) is 6.61 Å². The third kappa shape index (κ3) is 5.09. The Balaban J connectivity index is 1.50. The van der Waals surface area contributed by atoms with Gasteiger partial charge in [-0.3, -0.25) is 4.79 Å². The molecule has 6 nitrogen and oxygen atoms in total. The monoisotopic (exact) mass is 365 g/mol. The van der Waals surface area contributed by atoms with E-state index in [0.717, 1.165) is 5.69 Å². The molecule has 0 atom stereocenters. The molecule has 1 aromatic heterocycles. The molecule has 2 aromatic carbocycles. The van der Waals surface area contributed by atoms with E-state index in [0.29, 0.717) is 16.9 Å². The Labute approximate surface area is 154 Å². The number of amides is 1. The van der Waals surface area contributed by atoms with E-state index in [1.54, 1.807) is 41.1 Å². The first-order valence-corrected chi connectivity index (χ1v) is 8.71. The second-order valence-corrected chi connectivity index (χ2v) is 6.00. The first-order valence-electron chi connectivity index (χ1n) is 7.77. The lowest BCUT2D eigenvalue weighted by Gasteiger charge is -2.06. The van der Waals surface area contributed by atoms with Crippen LogP contribution in [0.5, 0.6) is 0 Å². The largest absolute Gasteiger partial charge is 0.452 e. The van der Waals surface area contributed by atoms with Crippen LogP contribution in [0.25, 0.3) is 0 Å². The molecular formula is C19H15N3O3S. The number of rotatable bonds is 6. The minimum atomic E-state index is -0.516. The molecule has 3 rings (SSSR count). The number of hydrogen-bond acceptors (Lipinski definition) is 6. The van der Waals surface area contributed by atoms with E-state index in [2.05, 4.69) is 15.5 Å². The number of nitrogens with one attached hydrogen (secondary N) is 1. The van der Waals surface area contributed by atoms with Crippen molar-refractivity contribution in [2.75, 3.05) is 11.9 Å². The third-order valence-electron chi connectivity index (χ3n) is 3.28. The van der Waals surface area contributed by atoms with Crippen molar-refractivity contribution in [2.45, 2.75) is 0 Å². The number of nitrogens with zero attached hydrogens (tertiary/aromatic N) is 2. The summed E-state index contributed by atoms with van der Waals surface area (Å²) >= 11 is 1.39. The molecule has 3 aromatic rings. The van der Waals surface area contributed by atoms with Crippen LogP contribution in [-0.2, 0) is 9.53 Å². The zero-order chi connectivity index (χ0) is 18.2. The van der Waals surface area contributed by atoms with Gasteiger partial charge in [-0.25, -0.2) is 4.79 Å². The molecule has 0 aliphatic heterocycles. The zero-order valence-electron chi connectivity index (χ0n) is 13.7. The van der Waals surface area contributed by atoms with Crippen molar-refractivity contribution in [1.29, 1.82) is 0 Å². The zero-order valence-corrected chi connectivity index (χ0v) is 14.5. The maximum Gasteiger partial charge on any atom is 0.339 e. The predicted octanol–water partition coefficient (Wildman–Crippen LogP) is 4.96. The van der Waals surface area contributed by atoms with Crippen LogP contribution in [0.4, 0.5) is 17.1 Å². The second kappa shape index (κ2) is 8.68. The summed E-state index contributed by atoms with van der Waals surface area (Å²) in [5.41, 5.74) is 2.45. The van der Waals surface area contributed by atoms with Gasteiger partial charge in [0.1, 0.15) is 0 Å². The van der Waals surface area contributed by atoms with Crippen LogP contribution in [-0.4, -0.2) is 18.5 Å². The lowest BCUT2D eigenvalue weighted by molar-refractivity contribution is -0.119. The quantitative estimate of drug-likeness (QED) is 0.495. The van der Waals surface area contributed by atoms with Gasteiger partial charge in [0.05, 0.1) is 16.9 Å². The number of benzene rings is 2. The average molecular weight is 365 g/mol. The van der Waals surface area contributed by atoms with Gasteiger partial charge in [-0.15, -0.1) is 0 Å². The highest BCUT2D eigenvalue weighted by molar-refractivity contribution is 7.08. The molecule has 0 spiro atoms.